The van der Waals surface area contributed by atoms with Gasteiger partial charge in [-0.15, -0.1) is 11.3 Å². The van der Waals surface area contributed by atoms with Crippen molar-refractivity contribution in [2.45, 2.75) is 11.5 Å². The summed E-state index contributed by atoms with van der Waals surface area (Å²) in [5, 5.41) is 18.1. The number of thioether (sulfide) groups is 1. The predicted molar refractivity (Wildman–Crippen MR) is 47.9 cm³/mol. The van der Waals surface area contributed by atoms with Crippen LogP contribution >= 0.6 is 23.1 Å². The monoisotopic (exact) mass is 202 g/mol. The lowest BCUT2D eigenvalue weighted by molar-refractivity contribution is 0.0699. The second kappa shape index (κ2) is 2.67. The Kier molecular flexibility index (Phi) is 1.77. The second-order valence-electron chi connectivity index (χ2n) is 2.48. The van der Waals surface area contributed by atoms with Crippen LogP contribution in [0.3, 0.4) is 0 Å². The van der Waals surface area contributed by atoms with E-state index in [1.54, 1.807) is 11.8 Å². The van der Waals surface area contributed by atoms with Crippen LogP contribution in [-0.4, -0.2) is 16.2 Å². The summed E-state index contributed by atoms with van der Waals surface area (Å²) >= 11 is 2.89. The number of carbonyl (C=O) groups is 1. The fraction of sp³-hybridized carbons (Fsp3) is 0.286. The van der Waals surface area contributed by atoms with Gasteiger partial charge in [0, 0.05) is 21.9 Å². The molecule has 0 fully saturated rings. The lowest BCUT2D eigenvalue weighted by atomic mass is 10.2. The molecule has 0 amide bonds. The normalized spacial score (nSPS) is 14.7. The summed E-state index contributed by atoms with van der Waals surface area (Å²) in [6.07, 6.45) is 0. The molecule has 5 heteroatoms. The number of thiophene rings is 1. The number of carboxylic acid groups (broad SMARTS) is 1. The third-order valence-electron chi connectivity index (χ3n) is 1.74. The number of rotatable bonds is 1. The van der Waals surface area contributed by atoms with E-state index in [1.165, 1.54) is 11.3 Å². The first-order valence-corrected chi connectivity index (χ1v) is 5.32. The Hall–Kier alpha value is -0.680. The molecule has 1 aliphatic heterocycles. The van der Waals surface area contributed by atoms with E-state index in [0.29, 0.717) is 0 Å². The Morgan fingerprint density at radius 3 is 2.75 bits per heavy atom. The maximum atomic E-state index is 10.6. The molecule has 1 aromatic rings. The van der Waals surface area contributed by atoms with Crippen LogP contribution in [0.2, 0.25) is 0 Å². The van der Waals surface area contributed by atoms with Gasteiger partial charge in [0.2, 0.25) is 0 Å². The maximum absolute atomic E-state index is 10.6. The number of hydrogen-bond donors (Lipinski definition) is 2. The zero-order valence-corrected chi connectivity index (χ0v) is 7.67. The summed E-state index contributed by atoms with van der Waals surface area (Å²) < 4.78 is 0. The predicted octanol–water partition coefficient (Wildman–Crippen LogP) is 1.90. The van der Waals surface area contributed by atoms with Crippen molar-refractivity contribution in [2.24, 2.45) is 0 Å². The highest BCUT2D eigenvalue weighted by Gasteiger charge is 2.25. The van der Waals surface area contributed by atoms with Crippen LogP contribution in [0.4, 0.5) is 0 Å². The molecule has 0 saturated carbocycles. The first-order chi connectivity index (χ1) is 5.70. The molecular formula is C7H6O3S2. The van der Waals surface area contributed by atoms with E-state index in [2.05, 4.69) is 0 Å². The minimum Gasteiger partial charge on any atom is -0.506 e. The molecule has 0 aliphatic carbocycles. The number of carboxylic acids is 1. The SMILES string of the molecule is O=C(O)c1sc2c(c1O)CSC2. The highest BCUT2D eigenvalue weighted by Crippen LogP contribution is 2.43. The summed E-state index contributed by atoms with van der Waals surface area (Å²) in [6.45, 7) is 0. The van der Waals surface area contributed by atoms with Crippen molar-refractivity contribution in [3.8, 4) is 5.75 Å². The Labute approximate surface area is 77.0 Å². The Morgan fingerprint density at radius 2 is 2.17 bits per heavy atom. The van der Waals surface area contributed by atoms with Gasteiger partial charge in [-0.3, -0.25) is 0 Å². The van der Waals surface area contributed by atoms with E-state index in [9.17, 15) is 9.90 Å². The van der Waals surface area contributed by atoms with Gasteiger partial charge in [-0.25, -0.2) is 4.79 Å². The minimum atomic E-state index is -1.03. The van der Waals surface area contributed by atoms with Gasteiger partial charge < -0.3 is 10.2 Å². The molecule has 0 unspecified atom stereocenters. The fourth-order valence-corrected chi connectivity index (χ4v) is 3.56. The van der Waals surface area contributed by atoms with Crippen LogP contribution in [0.25, 0.3) is 0 Å². The molecule has 2 rings (SSSR count). The van der Waals surface area contributed by atoms with Crippen molar-refractivity contribution in [2.75, 3.05) is 0 Å². The fourth-order valence-electron chi connectivity index (χ4n) is 1.16. The topological polar surface area (TPSA) is 57.5 Å². The third kappa shape index (κ3) is 1.01. The third-order valence-corrected chi connectivity index (χ3v) is 4.11. The Bertz CT molecular complexity index is 343. The summed E-state index contributed by atoms with van der Waals surface area (Å²) in [5.74, 6) is 0.524. The number of aromatic hydroxyl groups is 1. The van der Waals surface area contributed by atoms with Gasteiger partial charge >= 0.3 is 5.97 Å². The quantitative estimate of drug-likeness (QED) is 0.730. The highest BCUT2D eigenvalue weighted by atomic mass is 32.2. The van der Waals surface area contributed by atoms with Crippen molar-refractivity contribution < 1.29 is 15.0 Å². The zero-order chi connectivity index (χ0) is 8.72. The summed E-state index contributed by atoms with van der Waals surface area (Å²) in [6, 6.07) is 0. The van der Waals surface area contributed by atoms with Crippen LogP contribution < -0.4 is 0 Å². The average molecular weight is 202 g/mol. The van der Waals surface area contributed by atoms with Crippen molar-refractivity contribution in [3.63, 3.8) is 0 Å². The minimum absolute atomic E-state index is 0.0208. The van der Waals surface area contributed by atoms with Gasteiger partial charge in [0.05, 0.1) is 0 Å². The number of fused-ring (bicyclic) bond motifs is 1. The zero-order valence-electron chi connectivity index (χ0n) is 6.03. The molecule has 1 aliphatic rings. The van der Waals surface area contributed by atoms with Gasteiger partial charge in [0.1, 0.15) is 5.75 Å². The lowest BCUT2D eigenvalue weighted by Gasteiger charge is -1.92. The van der Waals surface area contributed by atoms with Crippen LogP contribution in [0, 0.1) is 0 Å². The molecule has 0 radical (unpaired) electrons. The largest absolute Gasteiger partial charge is 0.506 e. The van der Waals surface area contributed by atoms with E-state index in [-0.39, 0.29) is 10.6 Å². The van der Waals surface area contributed by atoms with Gasteiger partial charge in [0.15, 0.2) is 4.88 Å². The molecule has 0 atom stereocenters. The molecule has 0 bridgehead atoms. The standard InChI is InChI=1S/C7H6O3S2/c8-5-3-1-11-2-4(3)12-6(5)7(9)10/h8H,1-2H2,(H,9,10). The molecule has 1 aromatic heterocycles. The van der Waals surface area contributed by atoms with Gasteiger partial charge in [-0.05, 0) is 0 Å². The molecule has 0 saturated heterocycles. The van der Waals surface area contributed by atoms with Crippen LogP contribution in [0.5, 0.6) is 5.75 Å². The van der Waals surface area contributed by atoms with Gasteiger partial charge in [-0.1, -0.05) is 0 Å². The molecule has 12 heavy (non-hydrogen) atoms. The Morgan fingerprint density at radius 1 is 1.42 bits per heavy atom. The van der Waals surface area contributed by atoms with E-state index < -0.39 is 5.97 Å². The van der Waals surface area contributed by atoms with Crippen LogP contribution in [0.15, 0.2) is 0 Å². The van der Waals surface area contributed by atoms with Crippen molar-refractivity contribution >= 4 is 29.1 Å². The van der Waals surface area contributed by atoms with E-state index in [4.69, 9.17) is 5.11 Å². The number of aromatic carboxylic acids is 1. The van der Waals surface area contributed by atoms with Crippen molar-refractivity contribution in [1.29, 1.82) is 0 Å². The molecule has 0 aromatic carbocycles. The van der Waals surface area contributed by atoms with Gasteiger partial charge in [0.25, 0.3) is 0 Å². The van der Waals surface area contributed by atoms with Crippen LogP contribution in [-0.2, 0) is 11.5 Å². The smallest absolute Gasteiger partial charge is 0.349 e. The van der Waals surface area contributed by atoms with Crippen LogP contribution in [0.1, 0.15) is 20.1 Å². The lowest BCUT2D eigenvalue weighted by Crippen LogP contribution is -1.91. The molecule has 2 heterocycles. The first-order valence-electron chi connectivity index (χ1n) is 3.34. The Balaban J connectivity index is 2.54. The van der Waals surface area contributed by atoms with Crippen molar-refractivity contribution in [1.82, 2.24) is 0 Å². The van der Waals surface area contributed by atoms with E-state index in [1.807, 2.05) is 0 Å². The second-order valence-corrected chi connectivity index (χ2v) is 4.57. The summed E-state index contributed by atoms with van der Waals surface area (Å²) in [4.78, 5) is 11.7. The highest BCUT2D eigenvalue weighted by molar-refractivity contribution is 7.98. The summed E-state index contributed by atoms with van der Waals surface area (Å²) in [5.41, 5.74) is 0.822. The average Bonchev–Trinajstić information content (AvgIpc) is 2.53. The molecule has 0 spiro atoms. The number of hydrogen-bond acceptors (Lipinski definition) is 4. The molecular weight excluding hydrogens is 196 g/mol. The van der Waals surface area contributed by atoms with E-state index >= 15 is 0 Å². The molecule has 64 valence electrons. The maximum Gasteiger partial charge on any atom is 0.349 e. The molecule has 2 N–H and O–H groups in total. The van der Waals surface area contributed by atoms with Gasteiger partial charge in [-0.2, -0.15) is 11.8 Å². The van der Waals surface area contributed by atoms with E-state index in [0.717, 1.165) is 21.9 Å². The molecule has 3 nitrogen and oxygen atoms in total. The summed E-state index contributed by atoms with van der Waals surface area (Å²) in [7, 11) is 0. The van der Waals surface area contributed by atoms with Crippen molar-refractivity contribution in [3.05, 3.63) is 15.3 Å². The first kappa shape index (κ1) is 7.94.